The molecule has 2 aromatic heterocycles. The first kappa shape index (κ1) is 16.0. The van der Waals surface area contributed by atoms with E-state index in [-0.39, 0.29) is 28.8 Å². The smallest absolute Gasteiger partial charge is 0.330 e. The van der Waals surface area contributed by atoms with E-state index in [2.05, 4.69) is 9.97 Å². The van der Waals surface area contributed by atoms with Gasteiger partial charge in [0.1, 0.15) is 11.2 Å². The van der Waals surface area contributed by atoms with Gasteiger partial charge in [-0.2, -0.15) is 0 Å². The Morgan fingerprint density at radius 1 is 1.33 bits per heavy atom. The van der Waals surface area contributed by atoms with Gasteiger partial charge in [-0.3, -0.25) is 19.7 Å². The van der Waals surface area contributed by atoms with Gasteiger partial charge in [-0.05, 0) is 18.6 Å². The molecule has 0 saturated heterocycles. The summed E-state index contributed by atoms with van der Waals surface area (Å²) in [4.78, 5) is 28.8. The van der Waals surface area contributed by atoms with E-state index in [0.717, 1.165) is 17.2 Å². The minimum Gasteiger partial charge on any atom is -0.486 e. The maximum atomic E-state index is 11.9. The van der Waals surface area contributed by atoms with Crippen LogP contribution in [0.3, 0.4) is 0 Å². The molecule has 0 radical (unpaired) electrons. The molecular weight excluding hydrogens is 336 g/mol. The molecule has 2 heterocycles. The van der Waals surface area contributed by atoms with Crippen molar-refractivity contribution in [3.05, 3.63) is 62.3 Å². The number of hydrogen-bond acceptors (Lipinski definition) is 5. The first-order valence-corrected chi connectivity index (χ1v) is 7.54. The number of nitrogens with zero attached hydrogens (tertiary/aromatic N) is 3. The van der Waals surface area contributed by atoms with Crippen molar-refractivity contribution in [2.45, 2.75) is 13.0 Å². The summed E-state index contributed by atoms with van der Waals surface area (Å²) in [5.41, 5.74) is 1.07. The number of H-pyrrole nitrogens is 1. The van der Waals surface area contributed by atoms with Crippen LogP contribution in [0.2, 0.25) is 5.02 Å². The predicted molar refractivity (Wildman–Crippen MR) is 88.6 cm³/mol. The number of nitrogens with one attached hydrogen (secondary N) is 1. The Labute approximate surface area is 140 Å². The first-order valence-electron chi connectivity index (χ1n) is 7.16. The molecule has 0 fully saturated rings. The van der Waals surface area contributed by atoms with E-state index >= 15 is 0 Å². The summed E-state index contributed by atoms with van der Waals surface area (Å²) in [6.07, 6.45) is 2.86. The summed E-state index contributed by atoms with van der Waals surface area (Å²) in [6.45, 7) is 0.593. The Morgan fingerprint density at radius 2 is 2.12 bits per heavy atom. The zero-order valence-electron chi connectivity index (χ0n) is 12.4. The normalized spacial score (nSPS) is 10.9. The molecule has 0 aliphatic heterocycles. The number of pyridine rings is 1. The van der Waals surface area contributed by atoms with Crippen LogP contribution >= 0.6 is 11.6 Å². The van der Waals surface area contributed by atoms with E-state index in [1.165, 1.54) is 6.20 Å². The largest absolute Gasteiger partial charge is 0.486 e. The average molecular weight is 349 g/mol. The lowest BCUT2D eigenvalue weighted by Gasteiger charge is -2.08. The molecule has 0 spiro atoms. The predicted octanol–water partition coefficient (Wildman–Crippen LogP) is 2.76. The number of aryl methyl sites for hydroxylation is 1. The van der Waals surface area contributed by atoms with Crippen LogP contribution in [0.5, 0.6) is 5.75 Å². The number of hydrogen-bond donors (Lipinski definition) is 1. The molecule has 8 nitrogen and oxygen atoms in total. The molecule has 0 amide bonds. The number of aromatic nitrogens is 3. The summed E-state index contributed by atoms with van der Waals surface area (Å²) in [6, 6.07) is 7.36. The van der Waals surface area contributed by atoms with E-state index in [1.54, 1.807) is 4.57 Å². The van der Waals surface area contributed by atoms with Crippen molar-refractivity contribution < 1.29 is 9.66 Å². The second-order valence-electron chi connectivity index (χ2n) is 5.03. The molecule has 0 saturated carbocycles. The number of halogens is 1. The minimum atomic E-state index is -0.599. The SMILES string of the molecule is O=c1[nH]c2ccccc2n1CCCOc1c(Cl)cncc1[N+](=O)[O-]. The van der Waals surface area contributed by atoms with Crippen molar-refractivity contribution in [1.29, 1.82) is 0 Å². The number of rotatable bonds is 6. The molecule has 1 N–H and O–H groups in total. The monoisotopic (exact) mass is 348 g/mol. The van der Waals surface area contributed by atoms with Gasteiger partial charge in [-0.15, -0.1) is 0 Å². The number of nitro groups is 1. The van der Waals surface area contributed by atoms with Crippen molar-refractivity contribution >= 4 is 28.3 Å². The third kappa shape index (κ3) is 3.09. The summed E-state index contributed by atoms with van der Waals surface area (Å²) in [7, 11) is 0. The van der Waals surface area contributed by atoms with E-state index in [4.69, 9.17) is 16.3 Å². The van der Waals surface area contributed by atoms with Crippen molar-refractivity contribution in [2.24, 2.45) is 0 Å². The summed E-state index contributed by atoms with van der Waals surface area (Å²) in [5, 5.41) is 11.0. The molecule has 0 unspecified atom stereocenters. The zero-order chi connectivity index (χ0) is 17.1. The quantitative estimate of drug-likeness (QED) is 0.419. The molecule has 0 bridgehead atoms. The Kier molecular flexibility index (Phi) is 4.48. The zero-order valence-corrected chi connectivity index (χ0v) is 13.2. The second-order valence-corrected chi connectivity index (χ2v) is 5.43. The molecule has 0 atom stereocenters. The standard InChI is InChI=1S/C15H13ClN4O4/c16-10-8-17-9-13(20(22)23)14(10)24-7-3-6-19-12-5-2-1-4-11(12)18-15(19)21/h1-2,4-5,8-9H,3,6-7H2,(H,18,21). The molecule has 3 rings (SSSR count). The molecule has 0 aliphatic rings. The number of para-hydroxylation sites is 2. The highest BCUT2D eigenvalue weighted by Gasteiger charge is 2.19. The average Bonchev–Trinajstić information content (AvgIpc) is 2.88. The van der Waals surface area contributed by atoms with E-state index in [0.29, 0.717) is 13.0 Å². The van der Waals surface area contributed by atoms with Crippen LogP contribution in [-0.4, -0.2) is 26.1 Å². The fourth-order valence-electron chi connectivity index (χ4n) is 2.41. The Balaban J connectivity index is 1.69. The molecule has 124 valence electrons. The lowest BCUT2D eigenvalue weighted by Crippen LogP contribution is -2.18. The number of benzene rings is 1. The van der Waals surface area contributed by atoms with Crippen LogP contribution in [0.15, 0.2) is 41.5 Å². The second kappa shape index (κ2) is 6.71. The van der Waals surface area contributed by atoms with Gasteiger partial charge >= 0.3 is 11.4 Å². The van der Waals surface area contributed by atoms with E-state index in [1.807, 2.05) is 24.3 Å². The van der Waals surface area contributed by atoms with Gasteiger partial charge in [0.05, 0.1) is 22.6 Å². The number of imidazole rings is 1. The van der Waals surface area contributed by atoms with Crippen molar-refractivity contribution in [2.75, 3.05) is 6.61 Å². The van der Waals surface area contributed by atoms with Crippen LogP contribution in [-0.2, 0) is 6.54 Å². The third-order valence-electron chi connectivity index (χ3n) is 3.49. The fourth-order valence-corrected chi connectivity index (χ4v) is 2.62. The van der Waals surface area contributed by atoms with Crippen molar-refractivity contribution in [3.63, 3.8) is 0 Å². The highest BCUT2D eigenvalue weighted by Crippen LogP contribution is 2.33. The van der Waals surface area contributed by atoms with Gasteiger partial charge < -0.3 is 9.72 Å². The summed E-state index contributed by atoms with van der Waals surface area (Å²) < 4.78 is 7.04. The van der Waals surface area contributed by atoms with E-state index in [9.17, 15) is 14.9 Å². The summed E-state index contributed by atoms with van der Waals surface area (Å²) in [5.74, 6) is -0.0112. The van der Waals surface area contributed by atoms with Gasteiger partial charge in [0.15, 0.2) is 0 Å². The lowest BCUT2D eigenvalue weighted by molar-refractivity contribution is -0.386. The van der Waals surface area contributed by atoms with Crippen LogP contribution in [0.25, 0.3) is 11.0 Å². The van der Waals surface area contributed by atoms with Gasteiger partial charge in [-0.25, -0.2) is 4.79 Å². The van der Waals surface area contributed by atoms with Crippen LogP contribution < -0.4 is 10.4 Å². The highest BCUT2D eigenvalue weighted by atomic mass is 35.5. The maximum Gasteiger partial charge on any atom is 0.330 e. The molecular formula is C15H13ClN4O4. The van der Waals surface area contributed by atoms with Gasteiger partial charge in [-0.1, -0.05) is 23.7 Å². The highest BCUT2D eigenvalue weighted by molar-refractivity contribution is 6.32. The maximum absolute atomic E-state index is 11.9. The Hall–Kier alpha value is -2.87. The number of ether oxygens (including phenoxy) is 1. The Bertz CT molecular complexity index is 950. The molecule has 3 aromatic rings. The van der Waals surface area contributed by atoms with Gasteiger partial charge in [0.25, 0.3) is 0 Å². The molecule has 24 heavy (non-hydrogen) atoms. The summed E-state index contributed by atoms with van der Waals surface area (Å²) >= 11 is 5.90. The number of fused-ring (bicyclic) bond motifs is 1. The van der Waals surface area contributed by atoms with Gasteiger partial charge in [0.2, 0.25) is 5.75 Å². The molecule has 9 heteroatoms. The van der Waals surface area contributed by atoms with Crippen molar-refractivity contribution in [3.8, 4) is 5.75 Å². The first-order chi connectivity index (χ1) is 11.6. The van der Waals surface area contributed by atoms with Gasteiger partial charge in [0, 0.05) is 12.7 Å². The van der Waals surface area contributed by atoms with Crippen LogP contribution in [0.1, 0.15) is 6.42 Å². The topological polar surface area (TPSA) is 103 Å². The minimum absolute atomic E-state index is 0.0112. The lowest BCUT2D eigenvalue weighted by atomic mass is 10.3. The van der Waals surface area contributed by atoms with Crippen molar-refractivity contribution in [1.82, 2.24) is 14.5 Å². The third-order valence-corrected chi connectivity index (χ3v) is 3.75. The van der Waals surface area contributed by atoms with Crippen LogP contribution in [0.4, 0.5) is 5.69 Å². The Morgan fingerprint density at radius 3 is 2.92 bits per heavy atom. The van der Waals surface area contributed by atoms with E-state index < -0.39 is 4.92 Å². The van der Waals surface area contributed by atoms with Crippen LogP contribution in [0, 0.1) is 10.1 Å². The fraction of sp³-hybridized carbons (Fsp3) is 0.200. The number of aromatic amines is 1. The molecule has 0 aliphatic carbocycles. The molecule has 1 aromatic carbocycles.